The Labute approximate surface area is 133 Å². The van der Waals surface area contributed by atoms with Crippen molar-refractivity contribution in [1.29, 1.82) is 0 Å². The number of sulfonamides is 1. The molecule has 0 bridgehead atoms. The molecule has 21 heavy (non-hydrogen) atoms. The topological polar surface area (TPSA) is 72.5 Å². The maximum Gasteiger partial charge on any atom is 0.310 e. The van der Waals surface area contributed by atoms with Gasteiger partial charge in [-0.15, -0.1) is 0 Å². The van der Waals surface area contributed by atoms with Crippen molar-refractivity contribution in [1.82, 2.24) is 0 Å². The number of carbonyl (C=O) groups excluding carboxylic acids is 1. The van der Waals surface area contributed by atoms with Gasteiger partial charge in [0.25, 0.3) is 0 Å². The summed E-state index contributed by atoms with van der Waals surface area (Å²) in [7, 11) is -2.34. The molecule has 0 aromatic heterocycles. The summed E-state index contributed by atoms with van der Waals surface area (Å²) in [6, 6.07) is 5.32. The summed E-state index contributed by atoms with van der Waals surface area (Å²) in [5.41, 5.74) is 1.34. The first kappa shape index (κ1) is 16.3. The third-order valence-electron chi connectivity index (χ3n) is 3.87. The number of ether oxygens (including phenoxy) is 1. The van der Waals surface area contributed by atoms with Crippen LogP contribution in [0.15, 0.2) is 22.7 Å². The molecule has 0 aliphatic heterocycles. The zero-order chi connectivity index (χ0) is 15.6. The second-order valence-corrected chi connectivity index (χ2v) is 7.91. The molecule has 1 aliphatic carbocycles. The van der Waals surface area contributed by atoms with Gasteiger partial charge in [0.1, 0.15) is 0 Å². The van der Waals surface area contributed by atoms with Crippen LogP contribution in [0, 0.1) is 12.8 Å². The van der Waals surface area contributed by atoms with Crippen molar-refractivity contribution in [2.45, 2.75) is 31.4 Å². The van der Waals surface area contributed by atoms with Crippen molar-refractivity contribution in [3.05, 3.63) is 28.2 Å². The van der Waals surface area contributed by atoms with Crippen LogP contribution in [-0.2, 0) is 19.6 Å². The lowest BCUT2D eigenvalue weighted by molar-refractivity contribution is -0.145. The standard InChI is InChI=1S/C14H18BrNO4S/c1-9-11(15)6-4-7-12(9)16-21(18,19)13-8-3-5-10(13)14(17)20-2/h4,6-7,10,13,16H,3,5,8H2,1-2H3. The number of anilines is 1. The van der Waals surface area contributed by atoms with Crippen molar-refractivity contribution >= 4 is 37.6 Å². The second kappa shape index (κ2) is 6.36. The zero-order valence-electron chi connectivity index (χ0n) is 11.9. The first-order valence-electron chi connectivity index (χ1n) is 6.71. The molecule has 0 heterocycles. The van der Waals surface area contributed by atoms with E-state index in [9.17, 15) is 13.2 Å². The van der Waals surface area contributed by atoms with E-state index in [2.05, 4.69) is 20.7 Å². The minimum Gasteiger partial charge on any atom is -0.469 e. The highest BCUT2D eigenvalue weighted by molar-refractivity contribution is 9.10. The summed E-state index contributed by atoms with van der Waals surface area (Å²) < 4.78 is 33.3. The smallest absolute Gasteiger partial charge is 0.310 e. The van der Waals surface area contributed by atoms with Gasteiger partial charge < -0.3 is 4.74 Å². The Morgan fingerprint density at radius 2 is 2.10 bits per heavy atom. The first-order valence-corrected chi connectivity index (χ1v) is 9.05. The molecule has 2 unspecified atom stereocenters. The molecule has 2 atom stereocenters. The lowest BCUT2D eigenvalue weighted by Gasteiger charge is -2.20. The van der Waals surface area contributed by atoms with E-state index in [0.29, 0.717) is 24.9 Å². The Morgan fingerprint density at radius 3 is 2.76 bits per heavy atom. The van der Waals surface area contributed by atoms with Gasteiger partial charge in [0.15, 0.2) is 0 Å². The van der Waals surface area contributed by atoms with Crippen LogP contribution in [0.4, 0.5) is 5.69 Å². The number of carbonyl (C=O) groups is 1. The van der Waals surface area contributed by atoms with Gasteiger partial charge in [-0.3, -0.25) is 9.52 Å². The van der Waals surface area contributed by atoms with E-state index in [1.165, 1.54) is 7.11 Å². The summed E-state index contributed by atoms with van der Waals surface area (Å²) in [6.45, 7) is 1.83. The quantitative estimate of drug-likeness (QED) is 0.821. The van der Waals surface area contributed by atoms with E-state index in [-0.39, 0.29) is 0 Å². The van der Waals surface area contributed by atoms with E-state index >= 15 is 0 Å². The SMILES string of the molecule is COC(=O)C1CCCC1S(=O)(=O)Nc1cccc(Br)c1C. The average Bonchev–Trinajstić information content (AvgIpc) is 2.93. The summed E-state index contributed by atoms with van der Waals surface area (Å²) in [5.74, 6) is -1.03. The number of benzene rings is 1. The van der Waals surface area contributed by atoms with Crippen LogP contribution in [-0.4, -0.2) is 26.7 Å². The number of esters is 1. The summed E-state index contributed by atoms with van der Waals surface area (Å²) >= 11 is 3.37. The molecule has 1 N–H and O–H groups in total. The highest BCUT2D eigenvalue weighted by atomic mass is 79.9. The molecule has 2 rings (SSSR count). The fraction of sp³-hybridized carbons (Fsp3) is 0.500. The van der Waals surface area contributed by atoms with Crippen LogP contribution < -0.4 is 4.72 Å². The predicted molar refractivity (Wildman–Crippen MR) is 84.6 cm³/mol. The molecule has 116 valence electrons. The molecule has 7 heteroatoms. The summed E-state index contributed by atoms with van der Waals surface area (Å²) in [5, 5.41) is -0.733. The maximum atomic E-state index is 12.6. The predicted octanol–water partition coefficient (Wildman–Crippen LogP) is 2.84. The van der Waals surface area contributed by atoms with Crippen molar-refractivity contribution in [2.75, 3.05) is 11.8 Å². The van der Waals surface area contributed by atoms with E-state index in [1.807, 2.05) is 13.0 Å². The molecule has 0 radical (unpaired) electrons. The average molecular weight is 376 g/mol. The third kappa shape index (κ3) is 3.40. The largest absolute Gasteiger partial charge is 0.469 e. The zero-order valence-corrected chi connectivity index (χ0v) is 14.3. The Kier molecular flexibility index (Phi) is 4.93. The normalized spacial score (nSPS) is 22.0. The van der Waals surface area contributed by atoms with Crippen LogP contribution in [0.1, 0.15) is 24.8 Å². The number of rotatable bonds is 4. The van der Waals surface area contributed by atoms with Gasteiger partial charge in [0.05, 0.1) is 24.0 Å². The Bertz CT molecular complexity index is 644. The number of hydrogen-bond acceptors (Lipinski definition) is 4. The van der Waals surface area contributed by atoms with Gasteiger partial charge in [0.2, 0.25) is 10.0 Å². The Balaban J connectivity index is 2.26. The van der Waals surface area contributed by atoms with Gasteiger partial charge in [-0.05, 0) is 37.5 Å². The Morgan fingerprint density at radius 1 is 1.38 bits per heavy atom. The van der Waals surface area contributed by atoms with Crippen molar-refractivity contribution in [2.24, 2.45) is 5.92 Å². The molecule has 0 amide bonds. The molecule has 0 spiro atoms. The molecule has 1 fully saturated rings. The number of nitrogens with one attached hydrogen (secondary N) is 1. The molecular weight excluding hydrogens is 358 g/mol. The Hall–Kier alpha value is -1.08. The van der Waals surface area contributed by atoms with Crippen molar-refractivity contribution in [3.8, 4) is 0 Å². The van der Waals surface area contributed by atoms with E-state index in [0.717, 1.165) is 10.0 Å². The highest BCUT2D eigenvalue weighted by Gasteiger charge is 2.42. The third-order valence-corrected chi connectivity index (χ3v) is 6.60. The van der Waals surface area contributed by atoms with Crippen LogP contribution in [0.25, 0.3) is 0 Å². The molecule has 1 aromatic rings. The van der Waals surface area contributed by atoms with Crippen molar-refractivity contribution < 1.29 is 17.9 Å². The minimum atomic E-state index is -3.63. The van der Waals surface area contributed by atoms with Crippen molar-refractivity contribution in [3.63, 3.8) is 0 Å². The molecule has 5 nitrogen and oxygen atoms in total. The van der Waals surface area contributed by atoms with E-state index in [4.69, 9.17) is 4.74 Å². The van der Waals surface area contributed by atoms with Crippen LogP contribution in [0.3, 0.4) is 0 Å². The molecule has 1 saturated carbocycles. The van der Waals surface area contributed by atoms with E-state index in [1.54, 1.807) is 12.1 Å². The van der Waals surface area contributed by atoms with E-state index < -0.39 is 27.2 Å². The maximum absolute atomic E-state index is 12.6. The van der Waals surface area contributed by atoms with Crippen LogP contribution in [0.5, 0.6) is 0 Å². The van der Waals surface area contributed by atoms with Gasteiger partial charge in [-0.2, -0.15) is 0 Å². The minimum absolute atomic E-state index is 0.450. The molecular formula is C14H18BrNO4S. The lowest BCUT2D eigenvalue weighted by Crippen LogP contribution is -2.35. The lowest BCUT2D eigenvalue weighted by atomic mass is 10.1. The second-order valence-electron chi connectivity index (χ2n) is 5.16. The molecule has 1 aromatic carbocycles. The van der Waals surface area contributed by atoms with Gasteiger partial charge >= 0.3 is 5.97 Å². The molecule has 0 saturated heterocycles. The number of halogens is 1. The van der Waals surface area contributed by atoms with Gasteiger partial charge in [-0.25, -0.2) is 8.42 Å². The monoisotopic (exact) mass is 375 g/mol. The van der Waals surface area contributed by atoms with Crippen LogP contribution >= 0.6 is 15.9 Å². The van der Waals surface area contributed by atoms with Gasteiger partial charge in [-0.1, -0.05) is 28.4 Å². The fourth-order valence-corrected chi connectivity index (χ4v) is 4.87. The molecule has 1 aliphatic rings. The summed E-state index contributed by atoms with van der Waals surface area (Å²) in [6.07, 6.45) is 1.74. The fourth-order valence-electron chi connectivity index (χ4n) is 2.67. The first-order chi connectivity index (χ1) is 9.86. The highest BCUT2D eigenvalue weighted by Crippen LogP contribution is 2.34. The number of methoxy groups -OCH3 is 1. The van der Waals surface area contributed by atoms with Gasteiger partial charge in [0, 0.05) is 4.47 Å². The number of hydrogen-bond donors (Lipinski definition) is 1. The van der Waals surface area contributed by atoms with Crippen LogP contribution in [0.2, 0.25) is 0 Å². The summed E-state index contributed by atoms with van der Waals surface area (Å²) in [4.78, 5) is 11.7.